The summed E-state index contributed by atoms with van der Waals surface area (Å²) in [6.07, 6.45) is 0.705. The fraction of sp³-hybridized carbons (Fsp3) is 0.438. The molecule has 0 aromatic heterocycles. The van der Waals surface area contributed by atoms with Gasteiger partial charge in [-0.25, -0.2) is 4.79 Å². The van der Waals surface area contributed by atoms with Crippen LogP contribution in [0.25, 0.3) is 0 Å². The highest BCUT2D eigenvalue weighted by Crippen LogP contribution is 2.11. The number of carbonyl (C=O) groups is 3. The summed E-state index contributed by atoms with van der Waals surface area (Å²) in [6, 6.07) is 7.28. The number of urea groups is 1. The Bertz CT molecular complexity index is 572. The van der Waals surface area contributed by atoms with Crippen LogP contribution in [0.15, 0.2) is 24.3 Å². The summed E-state index contributed by atoms with van der Waals surface area (Å²) in [5.41, 5.74) is 1.85. The van der Waals surface area contributed by atoms with Gasteiger partial charge in [-0.1, -0.05) is 19.1 Å². The summed E-state index contributed by atoms with van der Waals surface area (Å²) in [6.45, 7) is 3.99. The lowest BCUT2D eigenvalue weighted by molar-refractivity contribution is -0.125. The zero-order valence-corrected chi connectivity index (χ0v) is 13.2. The van der Waals surface area contributed by atoms with Crippen LogP contribution in [0.5, 0.6) is 0 Å². The van der Waals surface area contributed by atoms with Crippen molar-refractivity contribution in [3.63, 3.8) is 0 Å². The monoisotopic (exact) mass is 318 g/mol. The number of hydrogen-bond donors (Lipinski definition) is 3. The van der Waals surface area contributed by atoms with E-state index in [4.69, 9.17) is 0 Å². The van der Waals surface area contributed by atoms with E-state index in [-0.39, 0.29) is 37.4 Å². The Kier molecular flexibility index (Phi) is 6.10. The lowest BCUT2D eigenvalue weighted by Crippen LogP contribution is -2.32. The van der Waals surface area contributed by atoms with E-state index in [1.54, 1.807) is 0 Å². The average Bonchev–Trinajstić information content (AvgIpc) is 2.85. The first-order chi connectivity index (χ1) is 11.1. The second-order valence-electron chi connectivity index (χ2n) is 5.34. The Morgan fingerprint density at radius 2 is 2.17 bits per heavy atom. The number of benzene rings is 1. The molecule has 0 saturated carbocycles. The van der Waals surface area contributed by atoms with Gasteiger partial charge in [-0.05, 0) is 30.7 Å². The molecule has 0 spiro atoms. The molecule has 1 aliphatic rings. The quantitative estimate of drug-likeness (QED) is 0.625. The zero-order valence-electron chi connectivity index (χ0n) is 13.2. The van der Waals surface area contributed by atoms with Crippen LogP contribution in [0.1, 0.15) is 25.3 Å². The van der Waals surface area contributed by atoms with E-state index in [1.807, 2.05) is 31.2 Å². The minimum absolute atomic E-state index is 0.0453. The number of amides is 4. The highest BCUT2D eigenvalue weighted by molar-refractivity contribution is 6.02. The molecule has 4 amide bonds. The maximum Gasteiger partial charge on any atom is 0.324 e. The van der Waals surface area contributed by atoms with Gasteiger partial charge in [-0.15, -0.1) is 0 Å². The Hall–Kier alpha value is -2.41. The van der Waals surface area contributed by atoms with E-state index in [2.05, 4.69) is 16.0 Å². The van der Waals surface area contributed by atoms with Gasteiger partial charge in [0.15, 0.2) is 0 Å². The van der Waals surface area contributed by atoms with E-state index < -0.39 is 0 Å². The Labute approximate surface area is 135 Å². The molecule has 7 heteroatoms. The first kappa shape index (κ1) is 17.0. The van der Waals surface area contributed by atoms with Gasteiger partial charge >= 0.3 is 6.03 Å². The van der Waals surface area contributed by atoms with E-state index in [1.165, 1.54) is 0 Å². The number of imide groups is 1. The van der Waals surface area contributed by atoms with Gasteiger partial charge < -0.3 is 16.0 Å². The SMILES string of the molecule is CCNCc1cccc(NC(=O)CCCN2C(=O)CNC2=O)c1. The van der Waals surface area contributed by atoms with Crippen molar-refractivity contribution in [2.75, 3.05) is 25.0 Å². The van der Waals surface area contributed by atoms with E-state index in [9.17, 15) is 14.4 Å². The first-order valence-corrected chi connectivity index (χ1v) is 7.78. The van der Waals surface area contributed by atoms with Gasteiger partial charge in [0.25, 0.3) is 0 Å². The molecular weight excluding hydrogens is 296 g/mol. The van der Waals surface area contributed by atoms with Crippen LogP contribution in [0.2, 0.25) is 0 Å². The molecule has 1 fully saturated rings. The molecule has 0 atom stereocenters. The van der Waals surface area contributed by atoms with Gasteiger partial charge in [-0.3, -0.25) is 14.5 Å². The third kappa shape index (κ3) is 5.07. The molecule has 2 rings (SSSR count). The van der Waals surface area contributed by atoms with E-state index >= 15 is 0 Å². The summed E-state index contributed by atoms with van der Waals surface area (Å²) in [7, 11) is 0. The van der Waals surface area contributed by atoms with Crippen LogP contribution in [-0.2, 0) is 16.1 Å². The second kappa shape index (κ2) is 8.28. The molecule has 124 valence electrons. The van der Waals surface area contributed by atoms with Crippen LogP contribution in [0, 0.1) is 0 Å². The number of rotatable bonds is 8. The van der Waals surface area contributed by atoms with Crippen molar-refractivity contribution in [3.8, 4) is 0 Å². The van der Waals surface area contributed by atoms with Crippen LogP contribution < -0.4 is 16.0 Å². The van der Waals surface area contributed by atoms with Gasteiger partial charge in [0.1, 0.15) is 0 Å². The highest BCUT2D eigenvalue weighted by Gasteiger charge is 2.27. The molecule has 0 radical (unpaired) electrons. The molecule has 1 aromatic carbocycles. The largest absolute Gasteiger partial charge is 0.329 e. The summed E-state index contributed by atoms with van der Waals surface area (Å²) in [5.74, 6) is -0.371. The average molecular weight is 318 g/mol. The molecule has 23 heavy (non-hydrogen) atoms. The number of anilines is 1. The van der Waals surface area contributed by atoms with Gasteiger partial charge in [-0.2, -0.15) is 0 Å². The molecule has 0 bridgehead atoms. The smallest absolute Gasteiger partial charge is 0.324 e. The molecular formula is C16H22N4O3. The van der Waals surface area contributed by atoms with Gasteiger partial charge in [0, 0.05) is 25.2 Å². The number of hydrogen-bond acceptors (Lipinski definition) is 4. The third-order valence-corrected chi connectivity index (χ3v) is 3.51. The lowest BCUT2D eigenvalue weighted by Gasteiger charge is -2.12. The van der Waals surface area contributed by atoms with Crippen molar-refractivity contribution >= 4 is 23.5 Å². The maximum absolute atomic E-state index is 11.9. The van der Waals surface area contributed by atoms with Crippen LogP contribution in [-0.4, -0.2) is 42.4 Å². The van der Waals surface area contributed by atoms with Crippen molar-refractivity contribution in [2.24, 2.45) is 0 Å². The predicted molar refractivity (Wildman–Crippen MR) is 86.8 cm³/mol. The molecule has 1 saturated heterocycles. The maximum atomic E-state index is 11.9. The van der Waals surface area contributed by atoms with Crippen molar-refractivity contribution in [1.82, 2.24) is 15.5 Å². The zero-order chi connectivity index (χ0) is 16.7. The van der Waals surface area contributed by atoms with Gasteiger partial charge in [0.05, 0.1) is 6.54 Å². The minimum atomic E-state index is -0.383. The number of carbonyl (C=O) groups excluding carboxylic acids is 3. The minimum Gasteiger partial charge on any atom is -0.329 e. The predicted octanol–water partition coefficient (Wildman–Crippen LogP) is 1.07. The summed E-state index contributed by atoms with van der Waals surface area (Å²) >= 11 is 0. The Balaban J connectivity index is 1.76. The molecule has 1 aromatic rings. The Morgan fingerprint density at radius 1 is 1.35 bits per heavy atom. The molecule has 1 heterocycles. The highest BCUT2D eigenvalue weighted by atomic mass is 16.2. The second-order valence-corrected chi connectivity index (χ2v) is 5.34. The van der Waals surface area contributed by atoms with Crippen molar-refractivity contribution < 1.29 is 14.4 Å². The molecule has 0 aliphatic carbocycles. The normalized spacial score (nSPS) is 14.0. The first-order valence-electron chi connectivity index (χ1n) is 7.78. The van der Waals surface area contributed by atoms with Crippen LogP contribution >= 0.6 is 0 Å². The summed E-state index contributed by atoms with van der Waals surface area (Å²) in [5, 5.41) is 8.52. The molecule has 1 aliphatic heterocycles. The van der Waals surface area contributed by atoms with Crippen LogP contribution in [0.4, 0.5) is 10.5 Å². The topological polar surface area (TPSA) is 90.5 Å². The Morgan fingerprint density at radius 3 is 2.87 bits per heavy atom. The number of nitrogens with zero attached hydrogens (tertiary/aromatic N) is 1. The summed E-state index contributed by atoms with van der Waals surface area (Å²) < 4.78 is 0. The van der Waals surface area contributed by atoms with E-state index in [0.717, 1.165) is 29.2 Å². The fourth-order valence-electron chi connectivity index (χ4n) is 2.33. The standard InChI is InChI=1S/C16H22N4O3/c1-2-17-10-12-5-3-6-13(9-12)19-14(21)7-4-8-20-15(22)11-18-16(20)23/h3,5-6,9,17H,2,4,7-8,10-11H2,1H3,(H,18,23)(H,19,21). The molecule has 0 unspecified atom stereocenters. The fourth-order valence-corrected chi connectivity index (χ4v) is 2.33. The van der Waals surface area contributed by atoms with Crippen LogP contribution in [0.3, 0.4) is 0 Å². The number of nitrogens with one attached hydrogen (secondary N) is 3. The van der Waals surface area contributed by atoms with E-state index in [0.29, 0.717) is 6.42 Å². The molecule has 7 nitrogen and oxygen atoms in total. The van der Waals surface area contributed by atoms with Gasteiger partial charge in [0.2, 0.25) is 11.8 Å². The summed E-state index contributed by atoms with van der Waals surface area (Å²) in [4.78, 5) is 35.9. The lowest BCUT2D eigenvalue weighted by atomic mass is 10.2. The van der Waals surface area contributed by atoms with Crippen molar-refractivity contribution in [2.45, 2.75) is 26.3 Å². The molecule has 3 N–H and O–H groups in total. The third-order valence-electron chi connectivity index (χ3n) is 3.51. The van der Waals surface area contributed by atoms with Crippen molar-refractivity contribution in [1.29, 1.82) is 0 Å². The van der Waals surface area contributed by atoms with Crippen molar-refractivity contribution in [3.05, 3.63) is 29.8 Å².